The van der Waals surface area contributed by atoms with Gasteiger partial charge >= 0.3 is 5.97 Å². The van der Waals surface area contributed by atoms with Crippen LogP contribution in [0.1, 0.15) is 33.6 Å². The minimum atomic E-state index is -0.757. The van der Waals surface area contributed by atoms with E-state index in [2.05, 4.69) is 6.92 Å². The standard InChI is InChI=1S/C10H12ClO.C5H10O2.Zn/c1-2-3-8-12-10-6-4-9(11)5-7-10;1-5(2,3)4(6)7;/h4-7H,1-3,8H2;1-3H3,(H,6,7);/q-1;;. The minimum absolute atomic E-state index is 0. The monoisotopic (exact) mass is 349 g/mol. The van der Waals surface area contributed by atoms with E-state index in [0.717, 1.165) is 30.2 Å². The Morgan fingerprint density at radius 1 is 1.30 bits per heavy atom. The van der Waals surface area contributed by atoms with E-state index >= 15 is 0 Å². The molecule has 110 valence electrons. The summed E-state index contributed by atoms with van der Waals surface area (Å²) in [7, 11) is 0. The van der Waals surface area contributed by atoms with Crippen LogP contribution in [0.15, 0.2) is 24.3 Å². The Bertz CT molecular complexity index is 372. The van der Waals surface area contributed by atoms with Gasteiger partial charge in [0.05, 0.1) is 12.0 Å². The Kier molecular flexibility index (Phi) is 12.0. The first kappa shape index (κ1) is 21.7. The fourth-order valence-electron chi connectivity index (χ4n) is 0.823. The molecule has 0 aliphatic heterocycles. The van der Waals surface area contributed by atoms with Crippen LogP contribution in [0.2, 0.25) is 5.02 Å². The van der Waals surface area contributed by atoms with Gasteiger partial charge in [-0.15, -0.1) is 0 Å². The number of carbonyl (C=O) groups is 1. The quantitative estimate of drug-likeness (QED) is 0.495. The molecule has 0 bridgehead atoms. The van der Waals surface area contributed by atoms with Crippen molar-refractivity contribution in [2.24, 2.45) is 5.41 Å². The molecule has 0 fully saturated rings. The molecule has 1 aromatic rings. The van der Waals surface area contributed by atoms with Gasteiger partial charge in [0.25, 0.3) is 0 Å². The molecule has 1 N–H and O–H groups in total. The van der Waals surface area contributed by atoms with E-state index in [9.17, 15) is 4.79 Å². The SMILES string of the molecule is CC(C)(C)C(=O)O.[CH2-]CCCOc1ccc(Cl)cc1.[Zn]. The molecule has 0 heterocycles. The zero-order valence-electron chi connectivity index (χ0n) is 12.5. The summed E-state index contributed by atoms with van der Waals surface area (Å²) in [5.74, 6) is 0.111. The van der Waals surface area contributed by atoms with E-state index < -0.39 is 11.4 Å². The molecule has 1 aromatic carbocycles. The number of aliphatic carboxylic acids is 1. The van der Waals surface area contributed by atoms with Gasteiger partial charge in [-0.2, -0.15) is 6.42 Å². The summed E-state index contributed by atoms with van der Waals surface area (Å²) < 4.78 is 5.40. The van der Waals surface area contributed by atoms with Crippen LogP contribution in [0.3, 0.4) is 0 Å². The third-order valence-electron chi connectivity index (χ3n) is 2.12. The first-order valence-electron chi connectivity index (χ1n) is 6.18. The molecular formula is C15H22ClO3Zn-. The zero-order valence-corrected chi connectivity index (χ0v) is 16.2. The summed E-state index contributed by atoms with van der Waals surface area (Å²) >= 11 is 5.71. The van der Waals surface area contributed by atoms with Crippen LogP contribution in [-0.4, -0.2) is 17.7 Å². The smallest absolute Gasteiger partial charge is 0.308 e. The third-order valence-corrected chi connectivity index (χ3v) is 2.37. The Labute approximate surface area is 139 Å². The van der Waals surface area contributed by atoms with Crippen LogP contribution in [0, 0.1) is 12.3 Å². The molecule has 5 heteroatoms. The van der Waals surface area contributed by atoms with Crippen LogP contribution >= 0.6 is 11.6 Å². The predicted molar refractivity (Wildman–Crippen MR) is 78.6 cm³/mol. The second kappa shape index (κ2) is 11.1. The molecule has 0 aliphatic rings. The number of benzene rings is 1. The van der Waals surface area contributed by atoms with E-state index in [1.807, 2.05) is 24.3 Å². The summed E-state index contributed by atoms with van der Waals surface area (Å²) in [6.45, 7) is 9.44. The van der Waals surface area contributed by atoms with Crippen LogP contribution < -0.4 is 4.74 Å². The van der Waals surface area contributed by atoms with Gasteiger partial charge in [-0.25, -0.2) is 0 Å². The van der Waals surface area contributed by atoms with Crippen molar-refractivity contribution in [1.29, 1.82) is 0 Å². The van der Waals surface area contributed by atoms with Gasteiger partial charge in [-0.05, 0) is 51.5 Å². The minimum Gasteiger partial charge on any atom is -0.494 e. The van der Waals surface area contributed by atoms with Crippen LogP contribution in [0.25, 0.3) is 0 Å². The fraction of sp³-hybridized carbons (Fsp3) is 0.467. The third kappa shape index (κ3) is 11.2. The van der Waals surface area contributed by atoms with E-state index in [-0.39, 0.29) is 19.5 Å². The predicted octanol–water partition coefficient (Wildman–Crippen LogP) is 4.45. The zero-order chi connectivity index (χ0) is 14.9. The van der Waals surface area contributed by atoms with E-state index in [0.29, 0.717) is 0 Å². The maximum atomic E-state index is 10.0. The molecule has 0 aromatic heterocycles. The largest absolute Gasteiger partial charge is 0.494 e. The number of hydrogen-bond acceptors (Lipinski definition) is 2. The molecule has 0 unspecified atom stereocenters. The van der Waals surface area contributed by atoms with E-state index in [1.54, 1.807) is 20.8 Å². The van der Waals surface area contributed by atoms with Crippen molar-refractivity contribution in [2.75, 3.05) is 6.61 Å². The average molecular weight is 351 g/mol. The average Bonchev–Trinajstić information content (AvgIpc) is 2.31. The number of carboxylic acid groups (broad SMARTS) is 1. The van der Waals surface area contributed by atoms with Gasteiger partial charge in [0.15, 0.2) is 0 Å². The molecular weight excluding hydrogens is 329 g/mol. The summed E-state index contributed by atoms with van der Waals surface area (Å²) in [4.78, 5) is 10.0. The molecule has 0 amide bonds. The molecule has 0 saturated carbocycles. The van der Waals surface area contributed by atoms with Crippen molar-refractivity contribution in [3.8, 4) is 5.75 Å². The van der Waals surface area contributed by atoms with Crippen LogP contribution in [0.4, 0.5) is 0 Å². The van der Waals surface area contributed by atoms with Crippen LogP contribution in [-0.2, 0) is 24.3 Å². The van der Waals surface area contributed by atoms with Crippen molar-refractivity contribution >= 4 is 17.6 Å². The van der Waals surface area contributed by atoms with Gasteiger partial charge in [-0.3, -0.25) is 4.79 Å². The maximum Gasteiger partial charge on any atom is 0.308 e. The molecule has 20 heavy (non-hydrogen) atoms. The number of rotatable bonds is 4. The van der Waals surface area contributed by atoms with Gasteiger partial charge in [-0.1, -0.05) is 11.6 Å². The number of ether oxygens (including phenoxy) is 1. The Balaban J connectivity index is 0. The molecule has 0 radical (unpaired) electrons. The summed E-state index contributed by atoms with van der Waals surface area (Å²) in [6, 6.07) is 7.37. The molecule has 0 spiro atoms. The van der Waals surface area contributed by atoms with Gasteiger partial charge in [0, 0.05) is 24.5 Å². The summed E-state index contributed by atoms with van der Waals surface area (Å²) in [5.41, 5.74) is -0.583. The Morgan fingerprint density at radius 3 is 2.10 bits per heavy atom. The van der Waals surface area contributed by atoms with Crippen molar-refractivity contribution < 1.29 is 34.1 Å². The van der Waals surface area contributed by atoms with Crippen molar-refractivity contribution in [3.63, 3.8) is 0 Å². The van der Waals surface area contributed by atoms with Crippen molar-refractivity contribution in [2.45, 2.75) is 33.6 Å². The first-order valence-corrected chi connectivity index (χ1v) is 6.56. The topological polar surface area (TPSA) is 46.5 Å². The second-order valence-electron chi connectivity index (χ2n) is 5.06. The molecule has 0 saturated heterocycles. The summed E-state index contributed by atoms with van der Waals surface area (Å²) in [6.07, 6.45) is 1.90. The molecule has 0 atom stereocenters. The van der Waals surface area contributed by atoms with Crippen molar-refractivity contribution in [1.82, 2.24) is 0 Å². The van der Waals surface area contributed by atoms with Crippen LogP contribution in [0.5, 0.6) is 5.75 Å². The fourth-order valence-corrected chi connectivity index (χ4v) is 0.949. The summed E-state index contributed by atoms with van der Waals surface area (Å²) in [5, 5.41) is 8.99. The molecule has 0 aliphatic carbocycles. The van der Waals surface area contributed by atoms with E-state index in [1.165, 1.54) is 0 Å². The van der Waals surface area contributed by atoms with Gasteiger partial charge in [0.1, 0.15) is 5.75 Å². The number of unbranched alkanes of at least 4 members (excludes halogenated alkanes) is 1. The van der Waals surface area contributed by atoms with Crippen molar-refractivity contribution in [3.05, 3.63) is 36.2 Å². The number of halogens is 1. The second-order valence-corrected chi connectivity index (χ2v) is 5.50. The number of carboxylic acids is 1. The Morgan fingerprint density at radius 2 is 1.75 bits per heavy atom. The van der Waals surface area contributed by atoms with Gasteiger partial charge in [0.2, 0.25) is 0 Å². The first-order chi connectivity index (χ1) is 8.77. The Hall–Kier alpha value is -0.597. The normalized spacial score (nSPS) is 9.85. The number of hydrogen-bond donors (Lipinski definition) is 1. The molecule has 3 nitrogen and oxygen atoms in total. The molecule has 1 rings (SSSR count). The maximum absolute atomic E-state index is 10.0. The van der Waals surface area contributed by atoms with E-state index in [4.69, 9.17) is 21.4 Å². The van der Waals surface area contributed by atoms with Gasteiger partial charge < -0.3 is 16.8 Å².